The van der Waals surface area contributed by atoms with E-state index in [9.17, 15) is 0 Å². The Morgan fingerprint density at radius 3 is 2.93 bits per heavy atom. The first-order valence-electron chi connectivity index (χ1n) is 5.53. The van der Waals surface area contributed by atoms with Crippen LogP contribution in [0.15, 0.2) is 30.8 Å². The highest BCUT2D eigenvalue weighted by molar-refractivity contribution is 5.70. The van der Waals surface area contributed by atoms with E-state index in [2.05, 4.69) is 30.1 Å². The molecule has 1 aromatic rings. The summed E-state index contributed by atoms with van der Waals surface area (Å²) in [5.41, 5.74) is 9.33. The van der Waals surface area contributed by atoms with E-state index in [1.807, 2.05) is 6.07 Å². The van der Waals surface area contributed by atoms with Crippen LogP contribution in [-0.2, 0) is 6.54 Å². The minimum Gasteiger partial charge on any atom is -0.326 e. The quantitative estimate of drug-likeness (QED) is 0.785. The van der Waals surface area contributed by atoms with Crippen LogP contribution in [0.1, 0.15) is 24.0 Å². The number of nitrogens with two attached hydrogens (primary N) is 1. The van der Waals surface area contributed by atoms with E-state index in [-0.39, 0.29) is 0 Å². The van der Waals surface area contributed by atoms with Crippen LogP contribution >= 0.6 is 0 Å². The lowest BCUT2D eigenvalue weighted by Gasteiger charge is -2.16. The SMILES string of the molecule is C=C(c1ccccc1CN)C1CCCN1. The molecule has 1 atom stereocenters. The molecule has 2 rings (SSSR count). The minimum atomic E-state index is 0.442. The zero-order valence-electron chi connectivity index (χ0n) is 9.00. The second-order valence-corrected chi connectivity index (χ2v) is 4.04. The Kier molecular flexibility index (Phi) is 3.19. The smallest absolute Gasteiger partial charge is 0.0320 e. The normalized spacial score (nSPS) is 20.5. The summed E-state index contributed by atoms with van der Waals surface area (Å²) >= 11 is 0. The summed E-state index contributed by atoms with van der Waals surface area (Å²) in [6.07, 6.45) is 2.44. The van der Waals surface area contributed by atoms with Crippen LogP contribution in [-0.4, -0.2) is 12.6 Å². The van der Waals surface area contributed by atoms with Gasteiger partial charge in [-0.15, -0.1) is 0 Å². The van der Waals surface area contributed by atoms with Crippen molar-refractivity contribution in [2.75, 3.05) is 6.54 Å². The number of benzene rings is 1. The summed E-state index contributed by atoms with van der Waals surface area (Å²) in [6.45, 7) is 5.89. The molecular formula is C13H18N2. The van der Waals surface area contributed by atoms with Gasteiger partial charge in [0.15, 0.2) is 0 Å². The van der Waals surface area contributed by atoms with Gasteiger partial charge < -0.3 is 11.1 Å². The zero-order valence-corrected chi connectivity index (χ0v) is 9.00. The van der Waals surface area contributed by atoms with Gasteiger partial charge in [-0.05, 0) is 36.1 Å². The monoisotopic (exact) mass is 202 g/mol. The Bertz CT molecular complexity index is 351. The second kappa shape index (κ2) is 4.60. The van der Waals surface area contributed by atoms with E-state index in [1.165, 1.54) is 29.5 Å². The Balaban J connectivity index is 2.24. The zero-order chi connectivity index (χ0) is 10.7. The van der Waals surface area contributed by atoms with Gasteiger partial charge >= 0.3 is 0 Å². The summed E-state index contributed by atoms with van der Waals surface area (Å²) in [4.78, 5) is 0. The molecule has 0 aliphatic carbocycles. The number of hydrogen-bond acceptors (Lipinski definition) is 2. The van der Waals surface area contributed by atoms with Crippen LogP contribution < -0.4 is 11.1 Å². The highest BCUT2D eigenvalue weighted by atomic mass is 14.9. The van der Waals surface area contributed by atoms with Crippen LogP contribution in [0.25, 0.3) is 5.57 Å². The van der Waals surface area contributed by atoms with Crippen LogP contribution in [0.5, 0.6) is 0 Å². The third kappa shape index (κ3) is 2.11. The van der Waals surface area contributed by atoms with Crippen LogP contribution in [0.2, 0.25) is 0 Å². The fourth-order valence-electron chi connectivity index (χ4n) is 2.18. The van der Waals surface area contributed by atoms with Crippen molar-refractivity contribution < 1.29 is 0 Å². The third-order valence-electron chi connectivity index (χ3n) is 3.06. The van der Waals surface area contributed by atoms with Gasteiger partial charge in [-0.25, -0.2) is 0 Å². The fourth-order valence-corrected chi connectivity index (χ4v) is 2.18. The predicted octanol–water partition coefficient (Wildman–Crippen LogP) is 1.91. The molecule has 1 unspecified atom stereocenters. The van der Waals surface area contributed by atoms with Gasteiger partial charge in [0.2, 0.25) is 0 Å². The maximum absolute atomic E-state index is 5.73. The average Bonchev–Trinajstić information content (AvgIpc) is 2.81. The van der Waals surface area contributed by atoms with Crippen LogP contribution in [0.3, 0.4) is 0 Å². The molecule has 0 spiro atoms. The summed E-state index contributed by atoms with van der Waals surface area (Å²) in [5, 5.41) is 3.47. The van der Waals surface area contributed by atoms with E-state index in [0.717, 1.165) is 6.54 Å². The topological polar surface area (TPSA) is 38.0 Å². The van der Waals surface area contributed by atoms with Crippen molar-refractivity contribution in [2.45, 2.75) is 25.4 Å². The Labute approximate surface area is 91.2 Å². The molecule has 0 amide bonds. The van der Waals surface area contributed by atoms with Crippen molar-refractivity contribution in [3.63, 3.8) is 0 Å². The van der Waals surface area contributed by atoms with Gasteiger partial charge in [0.1, 0.15) is 0 Å². The predicted molar refractivity (Wildman–Crippen MR) is 64.4 cm³/mol. The average molecular weight is 202 g/mol. The molecule has 1 aromatic carbocycles. The van der Waals surface area contributed by atoms with Crippen LogP contribution in [0.4, 0.5) is 0 Å². The maximum atomic E-state index is 5.73. The lowest BCUT2D eigenvalue weighted by molar-refractivity contribution is 0.743. The van der Waals surface area contributed by atoms with Gasteiger partial charge in [0, 0.05) is 12.6 Å². The van der Waals surface area contributed by atoms with Gasteiger partial charge in [-0.3, -0.25) is 0 Å². The van der Waals surface area contributed by atoms with Crippen molar-refractivity contribution >= 4 is 5.57 Å². The summed E-state index contributed by atoms with van der Waals surface area (Å²) in [5.74, 6) is 0. The van der Waals surface area contributed by atoms with Crippen molar-refractivity contribution in [3.05, 3.63) is 42.0 Å². The lowest BCUT2D eigenvalue weighted by atomic mass is 9.95. The van der Waals surface area contributed by atoms with E-state index in [1.54, 1.807) is 0 Å². The number of hydrogen-bond donors (Lipinski definition) is 2. The van der Waals surface area contributed by atoms with Gasteiger partial charge in [0.05, 0.1) is 0 Å². The van der Waals surface area contributed by atoms with Gasteiger partial charge in [0.25, 0.3) is 0 Å². The highest BCUT2D eigenvalue weighted by Crippen LogP contribution is 2.25. The molecule has 1 fully saturated rings. The Hall–Kier alpha value is -1.12. The summed E-state index contributed by atoms with van der Waals surface area (Å²) < 4.78 is 0. The Morgan fingerprint density at radius 2 is 2.27 bits per heavy atom. The minimum absolute atomic E-state index is 0.442. The summed E-state index contributed by atoms with van der Waals surface area (Å²) in [6, 6.07) is 8.72. The van der Waals surface area contributed by atoms with E-state index in [0.29, 0.717) is 12.6 Å². The maximum Gasteiger partial charge on any atom is 0.0320 e. The van der Waals surface area contributed by atoms with Crippen molar-refractivity contribution in [1.82, 2.24) is 5.32 Å². The Morgan fingerprint density at radius 1 is 1.47 bits per heavy atom. The first-order valence-corrected chi connectivity index (χ1v) is 5.53. The molecule has 80 valence electrons. The van der Waals surface area contributed by atoms with Crippen LogP contribution in [0, 0.1) is 0 Å². The second-order valence-electron chi connectivity index (χ2n) is 4.04. The van der Waals surface area contributed by atoms with E-state index < -0.39 is 0 Å². The largest absolute Gasteiger partial charge is 0.326 e. The fraction of sp³-hybridized carbons (Fsp3) is 0.385. The summed E-state index contributed by atoms with van der Waals surface area (Å²) in [7, 11) is 0. The van der Waals surface area contributed by atoms with Crippen molar-refractivity contribution in [1.29, 1.82) is 0 Å². The molecule has 2 heteroatoms. The standard InChI is InChI=1S/C13H18N2/c1-10(13-7-4-8-15-13)12-6-3-2-5-11(12)9-14/h2-3,5-6,13,15H,1,4,7-9,14H2. The molecule has 1 aliphatic heterocycles. The molecule has 0 aromatic heterocycles. The number of rotatable bonds is 3. The molecule has 1 aliphatic rings. The molecule has 0 bridgehead atoms. The first kappa shape index (κ1) is 10.4. The van der Waals surface area contributed by atoms with Gasteiger partial charge in [-0.2, -0.15) is 0 Å². The van der Waals surface area contributed by atoms with Crippen molar-refractivity contribution in [3.8, 4) is 0 Å². The highest BCUT2D eigenvalue weighted by Gasteiger charge is 2.19. The molecule has 3 N–H and O–H groups in total. The molecule has 1 heterocycles. The van der Waals surface area contributed by atoms with E-state index >= 15 is 0 Å². The molecule has 2 nitrogen and oxygen atoms in total. The van der Waals surface area contributed by atoms with E-state index in [4.69, 9.17) is 5.73 Å². The number of nitrogens with one attached hydrogen (secondary N) is 1. The molecule has 0 saturated carbocycles. The molecular weight excluding hydrogens is 184 g/mol. The molecule has 15 heavy (non-hydrogen) atoms. The first-order chi connectivity index (χ1) is 7.33. The van der Waals surface area contributed by atoms with Crippen molar-refractivity contribution in [2.24, 2.45) is 5.73 Å². The molecule has 0 radical (unpaired) electrons. The van der Waals surface area contributed by atoms with Gasteiger partial charge in [-0.1, -0.05) is 30.8 Å². The third-order valence-corrected chi connectivity index (χ3v) is 3.06. The lowest BCUT2D eigenvalue weighted by Crippen LogP contribution is -2.23. The molecule has 1 saturated heterocycles.